The Kier molecular flexibility index (Phi) is 3.71. The maximum Gasteiger partial charge on any atom is 0.225 e. The monoisotopic (exact) mass is 333 g/mol. The zero-order valence-corrected chi connectivity index (χ0v) is 11.4. The van der Waals surface area contributed by atoms with Crippen LogP contribution in [-0.2, 0) is 0 Å². The Balaban J connectivity index is 2.31. The quantitative estimate of drug-likeness (QED) is 0.845. The Morgan fingerprint density at radius 2 is 1.94 bits per heavy atom. The average Bonchev–Trinajstić information content (AvgIpc) is 2.21. The average molecular weight is 335 g/mol. The Morgan fingerprint density at radius 1 is 1.18 bits per heavy atom. The summed E-state index contributed by atoms with van der Waals surface area (Å²) in [5, 5.41) is 0.821. The van der Waals surface area contributed by atoms with Gasteiger partial charge in [0.05, 0.1) is 4.47 Å². The van der Waals surface area contributed by atoms with Gasteiger partial charge in [0, 0.05) is 11.1 Å². The predicted octanol–water partition coefficient (Wildman–Crippen LogP) is 3.92. The van der Waals surface area contributed by atoms with Crippen molar-refractivity contribution in [2.45, 2.75) is 0 Å². The van der Waals surface area contributed by atoms with Crippen LogP contribution < -0.4 is 10.5 Å². The number of anilines is 1. The van der Waals surface area contributed by atoms with Crippen LogP contribution in [0.25, 0.3) is 0 Å². The van der Waals surface area contributed by atoms with Gasteiger partial charge in [-0.1, -0.05) is 23.2 Å². The van der Waals surface area contributed by atoms with Crippen LogP contribution in [0.3, 0.4) is 0 Å². The van der Waals surface area contributed by atoms with Gasteiger partial charge in [-0.3, -0.25) is 0 Å². The lowest BCUT2D eigenvalue weighted by molar-refractivity contribution is 0.460. The molecule has 0 unspecified atom stereocenters. The molecule has 0 aliphatic heterocycles. The molecule has 2 N–H and O–H groups in total. The highest BCUT2D eigenvalue weighted by Crippen LogP contribution is 2.31. The van der Waals surface area contributed by atoms with Crippen LogP contribution in [0.1, 0.15) is 0 Å². The second-order valence-electron chi connectivity index (χ2n) is 3.06. The summed E-state index contributed by atoms with van der Waals surface area (Å²) < 4.78 is 6.21. The van der Waals surface area contributed by atoms with Crippen molar-refractivity contribution in [1.29, 1.82) is 0 Å². The zero-order chi connectivity index (χ0) is 12.4. The molecule has 0 spiro atoms. The fourth-order valence-corrected chi connectivity index (χ4v) is 2.08. The number of aromatic nitrogens is 2. The number of rotatable bonds is 2. The highest BCUT2D eigenvalue weighted by molar-refractivity contribution is 9.10. The van der Waals surface area contributed by atoms with Crippen LogP contribution in [0, 0.1) is 0 Å². The SMILES string of the molecule is Nc1nc(Cl)cc(Oc2ccc(Cl)cc2Br)n1. The van der Waals surface area contributed by atoms with Crippen molar-refractivity contribution in [3.63, 3.8) is 0 Å². The van der Waals surface area contributed by atoms with E-state index in [0.29, 0.717) is 15.2 Å². The van der Waals surface area contributed by atoms with Gasteiger partial charge >= 0.3 is 0 Å². The molecule has 0 atom stereocenters. The first-order valence-electron chi connectivity index (χ1n) is 4.47. The van der Waals surface area contributed by atoms with Crippen LogP contribution >= 0.6 is 39.1 Å². The van der Waals surface area contributed by atoms with Gasteiger partial charge in [0.2, 0.25) is 11.8 Å². The van der Waals surface area contributed by atoms with Gasteiger partial charge < -0.3 is 10.5 Å². The minimum Gasteiger partial charge on any atom is -0.438 e. The fraction of sp³-hybridized carbons (Fsp3) is 0. The molecule has 0 saturated heterocycles. The van der Waals surface area contributed by atoms with Crippen LogP contribution in [0.4, 0.5) is 5.95 Å². The van der Waals surface area contributed by atoms with Crippen LogP contribution in [0.5, 0.6) is 11.6 Å². The molecule has 1 heterocycles. The number of nitrogens with two attached hydrogens (primary N) is 1. The maximum absolute atomic E-state index is 5.82. The molecular formula is C10H6BrCl2N3O. The molecule has 0 aliphatic carbocycles. The third-order valence-corrected chi connectivity index (χ3v) is 2.85. The fourth-order valence-electron chi connectivity index (χ4n) is 1.14. The number of nitrogens with zero attached hydrogens (tertiary/aromatic N) is 2. The lowest BCUT2D eigenvalue weighted by Gasteiger charge is -2.07. The normalized spacial score (nSPS) is 10.3. The first-order valence-corrected chi connectivity index (χ1v) is 6.02. The molecule has 0 amide bonds. The molecule has 17 heavy (non-hydrogen) atoms. The number of benzene rings is 1. The summed E-state index contributed by atoms with van der Waals surface area (Å²) >= 11 is 14.9. The second kappa shape index (κ2) is 5.08. The van der Waals surface area contributed by atoms with Crippen molar-refractivity contribution in [3.8, 4) is 11.6 Å². The van der Waals surface area contributed by atoms with Gasteiger partial charge in [0.15, 0.2) is 0 Å². The second-order valence-corrected chi connectivity index (χ2v) is 4.74. The molecular weight excluding hydrogens is 329 g/mol. The Labute approximate surface area is 116 Å². The number of hydrogen-bond acceptors (Lipinski definition) is 4. The van der Waals surface area contributed by atoms with Crippen LogP contribution in [0.15, 0.2) is 28.7 Å². The zero-order valence-electron chi connectivity index (χ0n) is 8.32. The van der Waals surface area contributed by atoms with Gasteiger partial charge in [0.1, 0.15) is 10.9 Å². The molecule has 0 saturated carbocycles. The molecule has 2 aromatic rings. The van der Waals surface area contributed by atoms with E-state index in [1.54, 1.807) is 18.2 Å². The summed E-state index contributed by atoms with van der Waals surface area (Å²) in [7, 11) is 0. The van der Waals surface area contributed by atoms with Gasteiger partial charge in [-0.25, -0.2) is 4.98 Å². The van der Waals surface area contributed by atoms with Crippen molar-refractivity contribution in [3.05, 3.63) is 38.9 Å². The van der Waals surface area contributed by atoms with Gasteiger partial charge in [-0.2, -0.15) is 4.98 Å². The highest BCUT2D eigenvalue weighted by atomic mass is 79.9. The Bertz CT molecular complexity index is 545. The number of halogens is 3. The number of nitrogen functional groups attached to an aromatic ring is 1. The molecule has 2 rings (SSSR count). The number of ether oxygens (including phenoxy) is 1. The van der Waals surface area contributed by atoms with E-state index in [4.69, 9.17) is 33.7 Å². The summed E-state index contributed by atoms with van der Waals surface area (Å²) in [5.74, 6) is 0.881. The largest absolute Gasteiger partial charge is 0.438 e. The smallest absolute Gasteiger partial charge is 0.225 e. The van der Waals surface area contributed by atoms with Crippen molar-refractivity contribution in [1.82, 2.24) is 9.97 Å². The molecule has 0 aliphatic rings. The summed E-state index contributed by atoms with van der Waals surface area (Å²) in [4.78, 5) is 7.63. The summed E-state index contributed by atoms with van der Waals surface area (Å²) in [5.41, 5.74) is 5.46. The molecule has 1 aromatic heterocycles. The first kappa shape index (κ1) is 12.4. The van der Waals surface area contributed by atoms with E-state index in [2.05, 4.69) is 25.9 Å². The van der Waals surface area contributed by atoms with E-state index in [0.717, 1.165) is 0 Å². The highest BCUT2D eigenvalue weighted by Gasteiger charge is 2.06. The van der Waals surface area contributed by atoms with E-state index >= 15 is 0 Å². The maximum atomic E-state index is 5.82. The Hall–Kier alpha value is -1.04. The van der Waals surface area contributed by atoms with E-state index < -0.39 is 0 Å². The van der Waals surface area contributed by atoms with E-state index in [9.17, 15) is 0 Å². The molecule has 1 aromatic carbocycles. The van der Waals surface area contributed by atoms with Crippen molar-refractivity contribution in [2.24, 2.45) is 0 Å². The summed E-state index contributed by atoms with van der Waals surface area (Å²) in [6, 6.07) is 6.59. The third-order valence-electron chi connectivity index (χ3n) is 1.80. The molecule has 7 heteroatoms. The number of hydrogen-bond donors (Lipinski definition) is 1. The molecule has 0 fully saturated rings. The third kappa shape index (κ3) is 3.21. The van der Waals surface area contributed by atoms with Crippen molar-refractivity contribution >= 4 is 45.1 Å². The Morgan fingerprint density at radius 3 is 2.59 bits per heavy atom. The molecule has 0 radical (unpaired) electrons. The van der Waals surface area contributed by atoms with Gasteiger partial charge in [0.25, 0.3) is 0 Å². The van der Waals surface area contributed by atoms with Crippen LogP contribution in [0.2, 0.25) is 10.2 Å². The van der Waals surface area contributed by atoms with E-state index in [1.165, 1.54) is 6.07 Å². The first-order chi connectivity index (χ1) is 8.04. The lowest BCUT2D eigenvalue weighted by Crippen LogP contribution is -1.97. The lowest BCUT2D eigenvalue weighted by atomic mass is 10.3. The van der Waals surface area contributed by atoms with E-state index in [1.807, 2.05) is 0 Å². The van der Waals surface area contributed by atoms with E-state index in [-0.39, 0.29) is 17.0 Å². The molecule has 0 bridgehead atoms. The molecule has 4 nitrogen and oxygen atoms in total. The predicted molar refractivity (Wildman–Crippen MR) is 70.7 cm³/mol. The van der Waals surface area contributed by atoms with Crippen molar-refractivity contribution < 1.29 is 4.74 Å². The molecule has 88 valence electrons. The minimum absolute atomic E-state index is 0.0533. The standard InChI is InChI=1S/C10H6BrCl2N3O/c11-6-3-5(12)1-2-7(6)17-9-4-8(13)15-10(14)16-9/h1-4H,(H2,14,15,16). The summed E-state index contributed by atoms with van der Waals surface area (Å²) in [6.45, 7) is 0. The van der Waals surface area contributed by atoms with Crippen LogP contribution in [-0.4, -0.2) is 9.97 Å². The minimum atomic E-state index is 0.0533. The topological polar surface area (TPSA) is 61.0 Å². The van der Waals surface area contributed by atoms with Gasteiger partial charge in [-0.05, 0) is 34.1 Å². The summed E-state index contributed by atoms with van der Waals surface area (Å²) in [6.07, 6.45) is 0. The van der Waals surface area contributed by atoms with Gasteiger partial charge in [-0.15, -0.1) is 0 Å². The van der Waals surface area contributed by atoms with Crippen molar-refractivity contribution in [2.75, 3.05) is 5.73 Å².